The molecule has 0 bridgehead atoms. The van der Waals surface area contributed by atoms with Crippen molar-refractivity contribution in [3.63, 3.8) is 0 Å². The Morgan fingerprint density at radius 1 is 0.925 bits per heavy atom. The quantitative estimate of drug-likeness (QED) is 0.187. The first-order valence-corrected chi connectivity index (χ1v) is 13.4. The van der Waals surface area contributed by atoms with Crippen molar-refractivity contribution in [1.82, 2.24) is 4.90 Å². The van der Waals surface area contributed by atoms with Gasteiger partial charge in [-0.25, -0.2) is 0 Å². The summed E-state index contributed by atoms with van der Waals surface area (Å²) < 4.78 is 16.9. The SMILES string of the molecule is COc1cccc(CN2C(=O)C(=O)/C(=C(/O)c3cc(C(C)C)c(OC)cc3C)C2c2cccc(OC(C)C)c2)c1. The number of nitrogens with zero attached hydrogens (tertiary/aromatic N) is 1. The van der Waals surface area contributed by atoms with Gasteiger partial charge in [-0.2, -0.15) is 0 Å². The van der Waals surface area contributed by atoms with Gasteiger partial charge in [0.25, 0.3) is 11.7 Å². The summed E-state index contributed by atoms with van der Waals surface area (Å²) in [5.41, 5.74) is 3.61. The molecule has 1 unspecified atom stereocenters. The van der Waals surface area contributed by atoms with Crippen molar-refractivity contribution in [3.8, 4) is 17.2 Å². The standard InChI is InChI=1S/C33H37NO6/c1-19(2)26-17-27(21(5)14-28(26)39-7)31(35)29-30(23-11-9-13-25(16-23)40-20(3)4)34(33(37)32(29)36)18-22-10-8-12-24(15-22)38-6/h8-17,19-20,30,35H,18H2,1-7H3/b31-29+. The van der Waals surface area contributed by atoms with Crippen LogP contribution < -0.4 is 14.2 Å². The Morgan fingerprint density at radius 2 is 1.62 bits per heavy atom. The first kappa shape index (κ1) is 28.7. The van der Waals surface area contributed by atoms with Gasteiger partial charge in [0, 0.05) is 12.1 Å². The van der Waals surface area contributed by atoms with Crippen LogP contribution in [0.25, 0.3) is 5.76 Å². The van der Waals surface area contributed by atoms with Crippen molar-refractivity contribution in [2.24, 2.45) is 0 Å². The molecule has 1 atom stereocenters. The van der Waals surface area contributed by atoms with Gasteiger partial charge in [-0.3, -0.25) is 9.59 Å². The second kappa shape index (κ2) is 11.9. The lowest BCUT2D eigenvalue weighted by atomic mass is 9.91. The summed E-state index contributed by atoms with van der Waals surface area (Å²) in [6, 6.07) is 17.6. The summed E-state index contributed by atoms with van der Waals surface area (Å²) in [5.74, 6) is 0.446. The van der Waals surface area contributed by atoms with Crippen LogP contribution in [0.1, 0.15) is 67.5 Å². The molecule has 4 rings (SSSR count). The second-order valence-electron chi connectivity index (χ2n) is 10.6. The molecule has 0 saturated carbocycles. The normalized spacial score (nSPS) is 16.6. The highest BCUT2D eigenvalue weighted by Crippen LogP contribution is 2.43. The van der Waals surface area contributed by atoms with E-state index in [9.17, 15) is 14.7 Å². The number of carbonyl (C=O) groups excluding carboxylic acids is 2. The number of carbonyl (C=O) groups is 2. The van der Waals surface area contributed by atoms with Gasteiger partial charge < -0.3 is 24.2 Å². The number of aryl methyl sites for hydroxylation is 1. The number of rotatable bonds is 9. The Morgan fingerprint density at radius 3 is 2.27 bits per heavy atom. The van der Waals surface area contributed by atoms with E-state index in [0.717, 1.165) is 16.7 Å². The predicted octanol–water partition coefficient (Wildman–Crippen LogP) is 6.54. The number of hydrogen-bond donors (Lipinski definition) is 1. The summed E-state index contributed by atoms with van der Waals surface area (Å²) in [4.78, 5) is 28.7. The maximum Gasteiger partial charge on any atom is 0.295 e. The number of ether oxygens (including phenoxy) is 3. The van der Waals surface area contributed by atoms with Gasteiger partial charge in [0.2, 0.25) is 0 Å². The van der Waals surface area contributed by atoms with Crippen molar-refractivity contribution in [3.05, 3.63) is 94.1 Å². The van der Waals surface area contributed by atoms with Gasteiger partial charge in [-0.05, 0) is 85.3 Å². The molecule has 1 aliphatic heterocycles. The third-order valence-corrected chi connectivity index (χ3v) is 7.03. The second-order valence-corrected chi connectivity index (χ2v) is 10.6. The highest BCUT2D eigenvalue weighted by atomic mass is 16.5. The third-order valence-electron chi connectivity index (χ3n) is 7.03. The topological polar surface area (TPSA) is 85.3 Å². The monoisotopic (exact) mass is 543 g/mol. The Bertz CT molecular complexity index is 1460. The zero-order valence-corrected chi connectivity index (χ0v) is 24.1. The number of aliphatic hydroxyl groups excluding tert-OH is 1. The van der Waals surface area contributed by atoms with E-state index in [-0.39, 0.29) is 29.9 Å². The predicted molar refractivity (Wildman–Crippen MR) is 155 cm³/mol. The van der Waals surface area contributed by atoms with Crippen LogP contribution in [0.5, 0.6) is 17.2 Å². The average Bonchev–Trinajstić information content (AvgIpc) is 3.17. The van der Waals surface area contributed by atoms with E-state index in [1.807, 2.05) is 95.3 Å². The molecule has 0 spiro atoms. The summed E-state index contributed by atoms with van der Waals surface area (Å²) in [5, 5.41) is 11.8. The third kappa shape index (κ3) is 5.69. The van der Waals surface area contributed by atoms with Crippen LogP contribution in [0, 0.1) is 6.92 Å². The number of amides is 1. The molecule has 0 aromatic heterocycles. The molecule has 1 aliphatic rings. The van der Waals surface area contributed by atoms with Crippen molar-refractivity contribution < 1.29 is 28.9 Å². The van der Waals surface area contributed by atoms with Crippen molar-refractivity contribution in [2.45, 2.75) is 59.2 Å². The zero-order valence-electron chi connectivity index (χ0n) is 24.1. The smallest absolute Gasteiger partial charge is 0.295 e. The minimum Gasteiger partial charge on any atom is -0.507 e. The highest BCUT2D eigenvalue weighted by molar-refractivity contribution is 6.46. The molecule has 3 aromatic carbocycles. The van der Waals surface area contributed by atoms with Crippen LogP contribution in [0.2, 0.25) is 0 Å². The van der Waals surface area contributed by atoms with E-state index in [2.05, 4.69) is 0 Å². The molecule has 1 saturated heterocycles. The van der Waals surface area contributed by atoms with E-state index in [4.69, 9.17) is 14.2 Å². The maximum absolute atomic E-state index is 13.7. The molecule has 210 valence electrons. The summed E-state index contributed by atoms with van der Waals surface area (Å²) in [6.45, 7) is 9.92. The molecule has 1 amide bonds. The van der Waals surface area contributed by atoms with Crippen LogP contribution in [-0.4, -0.2) is 42.0 Å². The summed E-state index contributed by atoms with van der Waals surface area (Å²) >= 11 is 0. The Balaban J connectivity index is 1.92. The van der Waals surface area contributed by atoms with E-state index in [0.29, 0.717) is 28.4 Å². The number of likely N-dealkylation sites (tertiary alicyclic amines) is 1. The van der Waals surface area contributed by atoms with Gasteiger partial charge >= 0.3 is 0 Å². The fourth-order valence-electron chi connectivity index (χ4n) is 5.11. The number of Topliss-reactive ketones (excluding diaryl/α,β-unsaturated/α-hetero) is 1. The summed E-state index contributed by atoms with van der Waals surface area (Å²) in [7, 11) is 3.19. The molecule has 40 heavy (non-hydrogen) atoms. The van der Waals surface area contributed by atoms with Gasteiger partial charge in [0.05, 0.1) is 31.9 Å². The van der Waals surface area contributed by atoms with E-state index >= 15 is 0 Å². The molecule has 1 fully saturated rings. The highest BCUT2D eigenvalue weighted by Gasteiger charge is 2.46. The van der Waals surface area contributed by atoms with E-state index in [1.165, 1.54) is 4.90 Å². The molecular weight excluding hydrogens is 506 g/mol. The van der Waals surface area contributed by atoms with Gasteiger partial charge in [-0.1, -0.05) is 38.1 Å². The summed E-state index contributed by atoms with van der Waals surface area (Å²) in [6.07, 6.45) is -0.0604. The van der Waals surface area contributed by atoms with Crippen LogP contribution in [-0.2, 0) is 16.1 Å². The molecule has 0 aliphatic carbocycles. The minimum absolute atomic E-state index is 0.0394. The first-order chi connectivity index (χ1) is 19.0. The Labute approximate surface area is 236 Å². The van der Waals surface area contributed by atoms with Crippen LogP contribution >= 0.6 is 0 Å². The fraction of sp³-hybridized carbons (Fsp3) is 0.333. The zero-order chi connectivity index (χ0) is 29.1. The lowest BCUT2D eigenvalue weighted by Gasteiger charge is -2.26. The van der Waals surface area contributed by atoms with Gasteiger partial charge in [0.15, 0.2) is 0 Å². The number of ketones is 1. The van der Waals surface area contributed by atoms with Crippen molar-refractivity contribution in [2.75, 3.05) is 14.2 Å². The number of benzene rings is 3. The molecule has 1 N–H and O–H groups in total. The van der Waals surface area contributed by atoms with E-state index in [1.54, 1.807) is 14.2 Å². The Kier molecular flexibility index (Phi) is 8.52. The number of methoxy groups -OCH3 is 2. The minimum atomic E-state index is -0.828. The van der Waals surface area contributed by atoms with Crippen LogP contribution in [0.3, 0.4) is 0 Å². The molecule has 1 heterocycles. The fourth-order valence-corrected chi connectivity index (χ4v) is 5.11. The number of hydrogen-bond acceptors (Lipinski definition) is 6. The van der Waals surface area contributed by atoms with Crippen LogP contribution in [0.4, 0.5) is 0 Å². The van der Waals surface area contributed by atoms with Crippen molar-refractivity contribution in [1.29, 1.82) is 0 Å². The molecule has 0 radical (unpaired) electrons. The van der Waals surface area contributed by atoms with Gasteiger partial charge in [0.1, 0.15) is 23.0 Å². The Hall–Kier alpha value is -4.26. The van der Waals surface area contributed by atoms with Crippen LogP contribution in [0.15, 0.2) is 66.2 Å². The lowest BCUT2D eigenvalue weighted by molar-refractivity contribution is -0.140. The molecule has 7 heteroatoms. The molecule has 7 nitrogen and oxygen atoms in total. The average molecular weight is 544 g/mol. The molecule has 3 aromatic rings. The number of aliphatic hydroxyl groups is 1. The van der Waals surface area contributed by atoms with E-state index < -0.39 is 17.7 Å². The maximum atomic E-state index is 13.7. The van der Waals surface area contributed by atoms with Crippen molar-refractivity contribution >= 4 is 17.4 Å². The molecular formula is C33H37NO6. The lowest BCUT2D eigenvalue weighted by Crippen LogP contribution is -2.29. The van der Waals surface area contributed by atoms with Gasteiger partial charge in [-0.15, -0.1) is 0 Å². The largest absolute Gasteiger partial charge is 0.507 e. The first-order valence-electron chi connectivity index (χ1n) is 13.4.